The normalized spacial score (nSPS) is 12.2. The van der Waals surface area contributed by atoms with Gasteiger partial charge < -0.3 is 9.84 Å². The Hall–Kier alpha value is -1.94. The summed E-state index contributed by atoms with van der Waals surface area (Å²) < 4.78 is 18.9. The number of pyridine rings is 1. The summed E-state index contributed by atoms with van der Waals surface area (Å²) in [6.07, 6.45) is 0.906. The Bertz CT molecular complexity index is 555. The van der Waals surface area contributed by atoms with Gasteiger partial charge >= 0.3 is 0 Å². The van der Waals surface area contributed by atoms with Crippen LogP contribution in [0.5, 0.6) is 11.6 Å². The number of hydrogen-bond donors (Lipinski definition) is 1. The van der Waals surface area contributed by atoms with E-state index < -0.39 is 11.9 Å². The molecule has 0 saturated heterocycles. The summed E-state index contributed by atoms with van der Waals surface area (Å²) in [5, 5.41) is 9.46. The molecule has 0 bridgehead atoms. The third-order valence-electron chi connectivity index (χ3n) is 2.54. The molecule has 94 valence electrons. The molecule has 0 spiro atoms. The zero-order valence-electron chi connectivity index (χ0n) is 10.2. The monoisotopic (exact) mass is 247 g/mol. The number of benzene rings is 1. The van der Waals surface area contributed by atoms with Gasteiger partial charge in [-0.15, -0.1) is 0 Å². The van der Waals surface area contributed by atoms with E-state index in [1.54, 1.807) is 31.2 Å². The Morgan fingerprint density at radius 3 is 2.78 bits per heavy atom. The van der Waals surface area contributed by atoms with Crippen LogP contribution >= 0.6 is 0 Å². The van der Waals surface area contributed by atoms with E-state index in [4.69, 9.17) is 4.74 Å². The van der Waals surface area contributed by atoms with E-state index in [0.29, 0.717) is 5.56 Å². The van der Waals surface area contributed by atoms with Crippen LogP contribution in [0.1, 0.15) is 24.2 Å². The molecular weight excluding hydrogens is 233 g/mol. The van der Waals surface area contributed by atoms with E-state index in [-0.39, 0.29) is 11.6 Å². The van der Waals surface area contributed by atoms with E-state index in [1.165, 1.54) is 12.3 Å². The molecule has 0 amide bonds. The van der Waals surface area contributed by atoms with Crippen LogP contribution in [0, 0.1) is 12.7 Å². The first-order valence-electron chi connectivity index (χ1n) is 5.64. The van der Waals surface area contributed by atoms with Crippen molar-refractivity contribution in [1.29, 1.82) is 0 Å². The van der Waals surface area contributed by atoms with E-state index in [9.17, 15) is 9.50 Å². The van der Waals surface area contributed by atoms with E-state index in [0.717, 1.165) is 5.56 Å². The molecule has 1 aromatic carbocycles. The Kier molecular flexibility index (Phi) is 3.58. The van der Waals surface area contributed by atoms with Gasteiger partial charge in [-0.3, -0.25) is 0 Å². The second-order valence-electron chi connectivity index (χ2n) is 4.14. The van der Waals surface area contributed by atoms with Crippen LogP contribution in [0.3, 0.4) is 0 Å². The molecule has 2 aromatic rings. The summed E-state index contributed by atoms with van der Waals surface area (Å²) >= 11 is 0. The summed E-state index contributed by atoms with van der Waals surface area (Å²) in [6.45, 7) is 3.50. The standard InChI is InChI=1S/C14H14FNO2/c1-9-3-4-12(15)13(7-9)18-14-8-11(10(2)17)5-6-16-14/h3-8,10,17H,1-2H3/t10-/m1/s1. The molecule has 2 rings (SSSR count). The largest absolute Gasteiger partial charge is 0.436 e. The zero-order chi connectivity index (χ0) is 13.1. The van der Waals surface area contributed by atoms with E-state index in [1.807, 2.05) is 6.92 Å². The summed E-state index contributed by atoms with van der Waals surface area (Å²) in [5.74, 6) is -0.0482. The molecule has 1 atom stereocenters. The highest BCUT2D eigenvalue weighted by Gasteiger charge is 2.08. The lowest BCUT2D eigenvalue weighted by Gasteiger charge is -2.09. The highest BCUT2D eigenvalue weighted by molar-refractivity contribution is 5.33. The zero-order valence-corrected chi connectivity index (χ0v) is 10.2. The van der Waals surface area contributed by atoms with Crippen molar-refractivity contribution >= 4 is 0 Å². The highest BCUT2D eigenvalue weighted by atomic mass is 19.1. The second-order valence-corrected chi connectivity index (χ2v) is 4.14. The third kappa shape index (κ3) is 2.84. The molecule has 18 heavy (non-hydrogen) atoms. The molecule has 1 N–H and O–H groups in total. The number of aryl methyl sites for hydroxylation is 1. The first-order chi connectivity index (χ1) is 8.56. The van der Waals surface area contributed by atoms with Gasteiger partial charge in [-0.05, 0) is 43.2 Å². The van der Waals surface area contributed by atoms with Gasteiger partial charge in [0.05, 0.1) is 6.10 Å². The number of aliphatic hydroxyl groups excluding tert-OH is 1. The molecule has 3 nitrogen and oxygen atoms in total. The molecule has 1 aromatic heterocycles. The predicted octanol–water partition coefficient (Wildman–Crippen LogP) is 3.37. The predicted molar refractivity (Wildman–Crippen MR) is 66.1 cm³/mol. The maximum atomic E-state index is 13.5. The van der Waals surface area contributed by atoms with Crippen molar-refractivity contribution in [2.24, 2.45) is 0 Å². The number of rotatable bonds is 3. The first kappa shape index (κ1) is 12.5. The van der Waals surface area contributed by atoms with Gasteiger partial charge in [-0.25, -0.2) is 9.37 Å². The molecule has 0 aliphatic carbocycles. The van der Waals surface area contributed by atoms with Gasteiger partial charge in [0.1, 0.15) is 0 Å². The Labute approximate surface area is 105 Å². The molecule has 0 aliphatic rings. The molecule has 1 heterocycles. The van der Waals surface area contributed by atoms with Crippen LogP contribution in [-0.4, -0.2) is 10.1 Å². The maximum Gasteiger partial charge on any atom is 0.219 e. The van der Waals surface area contributed by atoms with Crippen LogP contribution in [0.15, 0.2) is 36.5 Å². The Balaban J connectivity index is 2.28. The summed E-state index contributed by atoms with van der Waals surface area (Å²) in [5.41, 5.74) is 1.58. The summed E-state index contributed by atoms with van der Waals surface area (Å²) in [7, 11) is 0. The van der Waals surface area contributed by atoms with Crippen molar-refractivity contribution in [3.05, 3.63) is 53.5 Å². The fraction of sp³-hybridized carbons (Fsp3) is 0.214. The molecule has 4 heteroatoms. The summed E-state index contributed by atoms with van der Waals surface area (Å²) in [4.78, 5) is 3.99. The third-order valence-corrected chi connectivity index (χ3v) is 2.54. The van der Waals surface area contributed by atoms with Crippen LogP contribution in [0.25, 0.3) is 0 Å². The number of hydrogen-bond acceptors (Lipinski definition) is 3. The molecular formula is C14H14FNO2. The fourth-order valence-corrected chi connectivity index (χ4v) is 1.54. The van der Waals surface area contributed by atoms with E-state index in [2.05, 4.69) is 4.98 Å². The van der Waals surface area contributed by atoms with Crippen LogP contribution < -0.4 is 4.74 Å². The van der Waals surface area contributed by atoms with Crippen molar-refractivity contribution in [2.45, 2.75) is 20.0 Å². The maximum absolute atomic E-state index is 13.5. The first-order valence-corrected chi connectivity index (χ1v) is 5.64. The molecule has 0 radical (unpaired) electrons. The molecule has 0 saturated carbocycles. The SMILES string of the molecule is Cc1ccc(F)c(Oc2cc([C@@H](C)O)ccn2)c1. The lowest BCUT2D eigenvalue weighted by Crippen LogP contribution is -1.95. The lowest BCUT2D eigenvalue weighted by atomic mass is 10.2. The van der Waals surface area contributed by atoms with Gasteiger partial charge in [0.2, 0.25) is 5.88 Å². The number of halogens is 1. The average molecular weight is 247 g/mol. The topological polar surface area (TPSA) is 42.4 Å². The fourth-order valence-electron chi connectivity index (χ4n) is 1.54. The minimum absolute atomic E-state index is 0.130. The number of aromatic nitrogens is 1. The van der Waals surface area contributed by atoms with E-state index >= 15 is 0 Å². The second kappa shape index (κ2) is 5.14. The van der Waals surface area contributed by atoms with Gasteiger partial charge in [-0.1, -0.05) is 6.07 Å². The minimum atomic E-state index is -0.613. The lowest BCUT2D eigenvalue weighted by molar-refractivity contribution is 0.198. The van der Waals surface area contributed by atoms with Crippen molar-refractivity contribution < 1.29 is 14.2 Å². The summed E-state index contributed by atoms with van der Waals surface area (Å²) in [6, 6.07) is 7.90. The average Bonchev–Trinajstić information content (AvgIpc) is 2.34. The van der Waals surface area contributed by atoms with Gasteiger partial charge in [0, 0.05) is 12.3 Å². The number of nitrogens with zero attached hydrogens (tertiary/aromatic N) is 1. The minimum Gasteiger partial charge on any atom is -0.436 e. The number of ether oxygens (including phenoxy) is 1. The quantitative estimate of drug-likeness (QED) is 0.904. The molecule has 0 aliphatic heterocycles. The molecule has 0 fully saturated rings. The van der Waals surface area contributed by atoms with Gasteiger partial charge in [-0.2, -0.15) is 0 Å². The van der Waals surface area contributed by atoms with Crippen LogP contribution in [0.2, 0.25) is 0 Å². The van der Waals surface area contributed by atoms with Crippen molar-refractivity contribution in [1.82, 2.24) is 4.98 Å². The highest BCUT2D eigenvalue weighted by Crippen LogP contribution is 2.25. The Morgan fingerprint density at radius 1 is 1.28 bits per heavy atom. The Morgan fingerprint density at radius 2 is 2.06 bits per heavy atom. The van der Waals surface area contributed by atoms with Crippen LogP contribution in [-0.2, 0) is 0 Å². The van der Waals surface area contributed by atoms with Gasteiger partial charge in [0.15, 0.2) is 11.6 Å². The van der Waals surface area contributed by atoms with Crippen molar-refractivity contribution in [2.75, 3.05) is 0 Å². The van der Waals surface area contributed by atoms with Gasteiger partial charge in [0.25, 0.3) is 0 Å². The smallest absolute Gasteiger partial charge is 0.219 e. The van der Waals surface area contributed by atoms with Crippen molar-refractivity contribution in [3.8, 4) is 11.6 Å². The molecule has 0 unspecified atom stereocenters. The van der Waals surface area contributed by atoms with Crippen molar-refractivity contribution in [3.63, 3.8) is 0 Å². The number of aliphatic hydroxyl groups is 1. The van der Waals surface area contributed by atoms with Crippen LogP contribution in [0.4, 0.5) is 4.39 Å².